The normalized spacial score (nSPS) is 19.1. The Hall–Kier alpha value is -0.860. The fraction of sp³-hybridized carbons (Fsp3) is 0.625. The molecule has 1 aliphatic rings. The van der Waals surface area contributed by atoms with Crippen LogP contribution in [0.1, 0.15) is 43.7 Å². The van der Waals surface area contributed by atoms with Gasteiger partial charge in [0.05, 0.1) is 6.61 Å². The van der Waals surface area contributed by atoms with Crippen molar-refractivity contribution < 1.29 is 4.74 Å². The summed E-state index contributed by atoms with van der Waals surface area (Å²) in [5.41, 5.74) is 3.09. The smallest absolute Gasteiger partial charge is 0.0619 e. The molecular formula is C16H25NO. The molecule has 0 bridgehead atoms. The summed E-state index contributed by atoms with van der Waals surface area (Å²) < 4.78 is 5.59. The van der Waals surface area contributed by atoms with Crippen molar-refractivity contribution in [3.05, 3.63) is 35.4 Å². The first-order chi connectivity index (χ1) is 8.85. The summed E-state index contributed by atoms with van der Waals surface area (Å²) in [5.74, 6) is 0.732. The van der Waals surface area contributed by atoms with Crippen LogP contribution in [-0.4, -0.2) is 25.8 Å². The van der Waals surface area contributed by atoms with Crippen LogP contribution in [0.5, 0.6) is 0 Å². The van der Waals surface area contributed by atoms with E-state index >= 15 is 0 Å². The monoisotopic (exact) mass is 247 g/mol. The van der Waals surface area contributed by atoms with Gasteiger partial charge in [0.25, 0.3) is 0 Å². The number of fused-ring (bicyclic) bond motifs is 1. The van der Waals surface area contributed by atoms with Crippen molar-refractivity contribution >= 4 is 0 Å². The molecule has 1 aromatic rings. The Kier molecular flexibility index (Phi) is 5.21. The van der Waals surface area contributed by atoms with Crippen LogP contribution in [0.25, 0.3) is 0 Å². The Bertz CT molecular complexity index is 356. The summed E-state index contributed by atoms with van der Waals surface area (Å²) in [6, 6.07) is 9.33. The van der Waals surface area contributed by atoms with Gasteiger partial charge < -0.3 is 10.1 Å². The molecule has 2 nitrogen and oxygen atoms in total. The lowest BCUT2D eigenvalue weighted by Gasteiger charge is -2.33. The third-order valence-corrected chi connectivity index (χ3v) is 3.74. The van der Waals surface area contributed by atoms with Gasteiger partial charge in [0.15, 0.2) is 0 Å². The molecule has 2 unspecified atom stereocenters. The quantitative estimate of drug-likeness (QED) is 0.762. The second-order valence-corrected chi connectivity index (χ2v) is 5.15. The Morgan fingerprint density at radius 1 is 1.33 bits per heavy atom. The van der Waals surface area contributed by atoms with E-state index in [1.54, 1.807) is 5.56 Å². The minimum absolute atomic E-state index is 0.503. The molecule has 2 rings (SSSR count). The molecule has 0 fully saturated rings. The Morgan fingerprint density at radius 2 is 2.17 bits per heavy atom. The number of hydrogen-bond acceptors (Lipinski definition) is 2. The molecule has 0 saturated heterocycles. The van der Waals surface area contributed by atoms with Gasteiger partial charge in [0.1, 0.15) is 0 Å². The van der Waals surface area contributed by atoms with Crippen LogP contribution in [0.4, 0.5) is 0 Å². The van der Waals surface area contributed by atoms with E-state index in [0.29, 0.717) is 6.04 Å². The van der Waals surface area contributed by atoms with Gasteiger partial charge >= 0.3 is 0 Å². The highest BCUT2D eigenvalue weighted by molar-refractivity contribution is 5.39. The van der Waals surface area contributed by atoms with Crippen molar-refractivity contribution in [2.24, 2.45) is 0 Å². The van der Waals surface area contributed by atoms with Crippen LogP contribution in [0.2, 0.25) is 0 Å². The van der Waals surface area contributed by atoms with Crippen LogP contribution in [0.15, 0.2) is 24.3 Å². The molecule has 1 aliphatic carbocycles. The maximum Gasteiger partial charge on any atom is 0.0619 e. The highest BCUT2D eigenvalue weighted by atomic mass is 16.5. The van der Waals surface area contributed by atoms with Crippen LogP contribution in [0.3, 0.4) is 0 Å². The zero-order valence-electron chi connectivity index (χ0n) is 11.6. The highest BCUT2D eigenvalue weighted by Crippen LogP contribution is 2.37. The first-order valence-electron chi connectivity index (χ1n) is 7.24. The van der Waals surface area contributed by atoms with Gasteiger partial charge in [-0.25, -0.2) is 0 Å². The fourth-order valence-electron chi connectivity index (χ4n) is 2.74. The molecule has 0 radical (unpaired) electrons. The van der Waals surface area contributed by atoms with Crippen LogP contribution in [-0.2, 0) is 11.2 Å². The van der Waals surface area contributed by atoms with Crippen molar-refractivity contribution in [1.82, 2.24) is 5.32 Å². The standard InChI is InChI=1S/C16H25NO/c1-3-9-17-15(12-18-4-2)11-14-10-13-7-5-6-8-16(13)14/h5-8,14-15,17H,3-4,9-12H2,1-2H3. The maximum atomic E-state index is 5.59. The highest BCUT2D eigenvalue weighted by Gasteiger charge is 2.27. The summed E-state index contributed by atoms with van der Waals surface area (Å²) in [5, 5.41) is 3.61. The lowest BCUT2D eigenvalue weighted by Crippen LogP contribution is -2.37. The van der Waals surface area contributed by atoms with E-state index in [1.807, 2.05) is 0 Å². The SMILES string of the molecule is CCCNC(COCC)CC1Cc2ccccc21. The summed E-state index contributed by atoms with van der Waals surface area (Å²) in [7, 11) is 0. The number of ether oxygens (including phenoxy) is 1. The molecule has 1 N–H and O–H groups in total. The fourth-order valence-corrected chi connectivity index (χ4v) is 2.74. The lowest BCUT2D eigenvalue weighted by atomic mass is 9.74. The first-order valence-corrected chi connectivity index (χ1v) is 7.24. The first kappa shape index (κ1) is 13.6. The van der Waals surface area contributed by atoms with Crippen LogP contribution >= 0.6 is 0 Å². The minimum Gasteiger partial charge on any atom is -0.380 e. The van der Waals surface area contributed by atoms with Crippen molar-refractivity contribution in [2.75, 3.05) is 19.8 Å². The molecule has 0 aromatic heterocycles. The largest absolute Gasteiger partial charge is 0.380 e. The molecule has 0 spiro atoms. The second-order valence-electron chi connectivity index (χ2n) is 5.15. The molecule has 0 heterocycles. The lowest BCUT2D eigenvalue weighted by molar-refractivity contribution is 0.116. The van der Waals surface area contributed by atoms with E-state index in [-0.39, 0.29) is 0 Å². The Morgan fingerprint density at radius 3 is 2.89 bits per heavy atom. The Labute approximate surface area is 111 Å². The van der Waals surface area contributed by atoms with Crippen molar-refractivity contribution in [2.45, 2.75) is 45.1 Å². The summed E-state index contributed by atoms with van der Waals surface area (Å²) >= 11 is 0. The molecule has 0 saturated carbocycles. The third-order valence-electron chi connectivity index (χ3n) is 3.74. The zero-order chi connectivity index (χ0) is 12.8. The summed E-state index contributed by atoms with van der Waals surface area (Å²) in [6.07, 6.45) is 3.63. The average Bonchev–Trinajstić information content (AvgIpc) is 2.38. The van der Waals surface area contributed by atoms with Crippen molar-refractivity contribution in [3.63, 3.8) is 0 Å². The predicted molar refractivity (Wildman–Crippen MR) is 76.1 cm³/mol. The van der Waals surface area contributed by atoms with Gasteiger partial charge in [-0.1, -0.05) is 31.2 Å². The van der Waals surface area contributed by atoms with Gasteiger partial charge in [-0.2, -0.15) is 0 Å². The van der Waals surface area contributed by atoms with Gasteiger partial charge in [0, 0.05) is 12.6 Å². The van der Waals surface area contributed by atoms with Crippen LogP contribution < -0.4 is 5.32 Å². The van der Waals surface area contributed by atoms with E-state index in [1.165, 1.54) is 24.8 Å². The molecule has 100 valence electrons. The molecule has 2 atom stereocenters. The summed E-state index contributed by atoms with van der Waals surface area (Å²) in [4.78, 5) is 0. The predicted octanol–water partition coefficient (Wildman–Crippen LogP) is 3.12. The zero-order valence-corrected chi connectivity index (χ0v) is 11.6. The van der Waals surface area contributed by atoms with E-state index < -0.39 is 0 Å². The molecule has 18 heavy (non-hydrogen) atoms. The number of benzene rings is 1. The number of nitrogens with one attached hydrogen (secondary N) is 1. The molecule has 2 heteroatoms. The number of rotatable bonds is 8. The van der Waals surface area contributed by atoms with Crippen LogP contribution in [0, 0.1) is 0 Å². The molecule has 0 amide bonds. The van der Waals surface area contributed by atoms with Gasteiger partial charge in [-0.15, -0.1) is 0 Å². The van der Waals surface area contributed by atoms with Crippen molar-refractivity contribution in [3.8, 4) is 0 Å². The molecule has 1 aromatic carbocycles. The Balaban J connectivity index is 1.85. The average molecular weight is 247 g/mol. The topological polar surface area (TPSA) is 21.3 Å². The van der Waals surface area contributed by atoms with Gasteiger partial charge in [-0.05, 0) is 49.8 Å². The third kappa shape index (κ3) is 3.33. The van der Waals surface area contributed by atoms with E-state index in [9.17, 15) is 0 Å². The number of hydrogen-bond donors (Lipinski definition) is 1. The van der Waals surface area contributed by atoms with E-state index in [0.717, 1.165) is 25.7 Å². The van der Waals surface area contributed by atoms with E-state index in [2.05, 4.69) is 43.4 Å². The molecule has 0 aliphatic heterocycles. The maximum absolute atomic E-state index is 5.59. The van der Waals surface area contributed by atoms with E-state index in [4.69, 9.17) is 4.74 Å². The van der Waals surface area contributed by atoms with Gasteiger partial charge in [0.2, 0.25) is 0 Å². The summed E-state index contributed by atoms with van der Waals surface area (Å²) in [6.45, 7) is 7.02. The van der Waals surface area contributed by atoms with Gasteiger partial charge in [-0.3, -0.25) is 0 Å². The van der Waals surface area contributed by atoms with Crippen molar-refractivity contribution in [1.29, 1.82) is 0 Å². The second kappa shape index (κ2) is 6.91. The minimum atomic E-state index is 0.503. The molecular weight excluding hydrogens is 222 g/mol.